The highest BCUT2D eigenvalue weighted by molar-refractivity contribution is 9.10. The summed E-state index contributed by atoms with van der Waals surface area (Å²) in [4.78, 5) is 16.0. The van der Waals surface area contributed by atoms with Crippen LogP contribution in [0, 0.1) is 13.8 Å². The second-order valence-corrected chi connectivity index (χ2v) is 5.04. The van der Waals surface area contributed by atoms with E-state index in [9.17, 15) is 9.90 Å². The van der Waals surface area contributed by atoms with E-state index < -0.39 is 0 Å². The Morgan fingerprint density at radius 2 is 2.00 bits per heavy atom. The Morgan fingerprint density at radius 1 is 1.26 bits per heavy atom. The number of aromatic nitrogens is 1. The highest BCUT2D eigenvalue weighted by atomic mass is 79.9. The van der Waals surface area contributed by atoms with Crippen LogP contribution in [0.5, 0.6) is 5.75 Å². The van der Waals surface area contributed by atoms with Crippen LogP contribution in [0.15, 0.2) is 35.1 Å². The van der Waals surface area contributed by atoms with Gasteiger partial charge in [-0.05, 0) is 53.5 Å². The maximum absolute atomic E-state index is 12.0. The van der Waals surface area contributed by atoms with E-state index in [1.54, 1.807) is 31.2 Å². The minimum Gasteiger partial charge on any atom is -0.507 e. The van der Waals surface area contributed by atoms with Gasteiger partial charge in [0.1, 0.15) is 10.4 Å². The van der Waals surface area contributed by atoms with Gasteiger partial charge in [-0.15, -0.1) is 0 Å². The van der Waals surface area contributed by atoms with E-state index in [0.717, 1.165) is 5.56 Å². The topological polar surface area (TPSA) is 62.2 Å². The van der Waals surface area contributed by atoms with Crippen LogP contribution in [0.1, 0.15) is 21.5 Å². The van der Waals surface area contributed by atoms with Gasteiger partial charge in [0.25, 0.3) is 5.91 Å². The number of nitrogens with zero attached hydrogens (tertiary/aromatic N) is 1. The summed E-state index contributed by atoms with van der Waals surface area (Å²) in [5, 5.41) is 12.6. The Morgan fingerprint density at radius 3 is 2.63 bits per heavy atom. The van der Waals surface area contributed by atoms with Crippen LogP contribution in [0.25, 0.3) is 0 Å². The zero-order chi connectivity index (χ0) is 14.0. The maximum Gasteiger partial charge on any atom is 0.257 e. The Balaban J connectivity index is 2.24. The van der Waals surface area contributed by atoms with Crippen molar-refractivity contribution in [1.82, 2.24) is 4.98 Å². The lowest BCUT2D eigenvalue weighted by molar-refractivity contribution is 0.102. The first-order chi connectivity index (χ1) is 8.99. The molecule has 0 saturated heterocycles. The molecule has 0 aliphatic rings. The lowest BCUT2D eigenvalue weighted by Crippen LogP contribution is -2.13. The van der Waals surface area contributed by atoms with Crippen molar-refractivity contribution in [3.63, 3.8) is 0 Å². The number of anilines is 1. The van der Waals surface area contributed by atoms with Crippen LogP contribution in [-0.2, 0) is 0 Å². The van der Waals surface area contributed by atoms with E-state index in [0.29, 0.717) is 21.4 Å². The lowest BCUT2D eigenvalue weighted by atomic mass is 10.1. The van der Waals surface area contributed by atoms with Gasteiger partial charge in [0, 0.05) is 17.4 Å². The number of aryl methyl sites for hydroxylation is 1. The molecule has 0 radical (unpaired) electrons. The second-order valence-electron chi connectivity index (χ2n) is 4.23. The molecule has 5 heteroatoms. The Hall–Kier alpha value is -1.88. The molecule has 1 heterocycles. The summed E-state index contributed by atoms with van der Waals surface area (Å²) >= 11 is 3.21. The summed E-state index contributed by atoms with van der Waals surface area (Å²) < 4.78 is 0.674. The molecule has 2 N–H and O–H groups in total. The van der Waals surface area contributed by atoms with Crippen molar-refractivity contribution in [2.24, 2.45) is 0 Å². The molecule has 0 fully saturated rings. The first-order valence-electron chi connectivity index (χ1n) is 5.71. The van der Waals surface area contributed by atoms with Gasteiger partial charge < -0.3 is 10.4 Å². The fraction of sp³-hybridized carbons (Fsp3) is 0.143. The number of nitrogens with one attached hydrogen (secondary N) is 1. The average Bonchev–Trinajstić information content (AvgIpc) is 2.40. The molecule has 0 atom stereocenters. The van der Waals surface area contributed by atoms with Crippen molar-refractivity contribution in [3.8, 4) is 5.75 Å². The predicted molar refractivity (Wildman–Crippen MR) is 77.5 cm³/mol. The molecule has 1 aromatic heterocycles. The summed E-state index contributed by atoms with van der Waals surface area (Å²) in [6.45, 7) is 3.57. The monoisotopic (exact) mass is 320 g/mol. The number of carbonyl (C=O) groups is 1. The molecule has 2 rings (SSSR count). The van der Waals surface area contributed by atoms with Crippen molar-refractivity contribution >= 4 is 27.5 Å². The van der Waals surface area contributed by atoms with Crippen molar-refractivity contribution in [1.29, 1.82) is 0 Å². The zero-order valence-electron chi connectivity index (χ0n) is 10.6. The van der Waals surface area contributed by atoms with E-state index in [2.05, 4.69) is 26.2 Å². The molecule has 0 bridgehead atoms. The molecule has 0 spiro atoms. The summed E-state index contributed by atoms with van der Waals surface area (Å²) in [5.74, 6) is -0.0573. The maximum atomic E-state index is 12.0. The van der Waals surface area contributed by atoms with Crippen molar-refractivity contribution in [2.75, 3.05) is 5.32 Å². The minimum absolute atomic E-state index is 0.201. The van der Waals surface area contributed by atoms with Crippen LogP contribution in [0.4, 0.5) is 5.69 Å². The SMILES string of the molecule is Cc1ccc(NC(=O)c2ccc(Br)nc2)c(C)c1O. The molecule has 2 aromatic rings. The van der Waals surface area contributed by atoms with Gasteiger partial charge >= 0.3 is 0 Å². The van der Waals surface area contributed by atoms with Gasteiger partial charge in [-0.2, -0.15) is 0 Å². The van der Waals surface area contributed by atoms with E-state index >= 15 is 0 Å². The largest absolute Gasteiger partial charge is 0.507 e. The van der Waals surface area contributed by atoms with Crippen LogP contribution in [0.2, 0.25) is 0 Å². The number of pyridine rings is 1. The Kier molecular flexibility index (Phi) is 3.85. The molecule has 1 amide bonds. The highest BCUT2D eigenvalue weighted by Crippen LogP contribution is 2.28. The van der Waals surface area contributed by atoms with E-state index in [-0.39, 0.29) is 11.7 Å². The van der Waals surface area contributed by atoms with Gasteiger partial charge in [-0.25, -0.2) is 4.98 Å². The van der Waals surface area contributed by atoms with Crippen LogP contribution in [-0.4, -0.2) is 16.0 Å². The lowest BCUT2D eigenvalue weighted by Gasteiger charge is -2.11. The molecule has 98 valence electrons. The zero-order valence-corrected chi connectivity index (χ0v) is 12.2. The van der Waals surface area contributed by atoms with Crippen LogP contribution >= 0.6 is 15.9 Å². The van der Waals surface area contributed by atoms with Gasteiger partial charge in [-0.1, -0.05) is 6.07 Å². The quantitative estimate of drug-likeness (QED) is 0.833. The molecule has 0 aliphatic carbocycles. The van der Waals surface area contributed by atoms with Crippen LogP contribution in [0.3, 0.4) is 0 Å². The number of rotatable bonds is 2. The Bertz CT molecular complexity index is 624. The number of halogens is 1. The average molecular weight is 321 g/mol. The van der Waals surface area contributed by atoms with Crippen molar-refractivity contribution in [2.45, 2.75) is 13.8 Å². The number of phenols is 1. The first-order valence-corrected chi connectivity index (χ1v) is 6.50. The summed E-state index contributed by atoms with van der Waals surface area (Å²) in [6.07, 6.45) is 1.49. The van der Waals surface area contributed by atoms with Crippen LogP contribution < -0.4 is 5.32 Å². The first kappa shape index (κ1) is 13.5. The molecule has 0 unspecified atom stereocenters. The molecular formula is C14H13BrN2O2. The molecule has 0 aliphatic heterocycles. The van der Waals surface area contributed by atoms with E-state index in [1.807, 2.05) is 6.92 Å². The van der Waals surface area contributed by atoms with Gasteiger partial charge in [0.05, 0.1) is 5.56 Å². The van der Waals surface area contributed by atoms with E-state index in [1.165, 1.54) is 6.20 Å². The molecule has 19 heavy (non-hydrogen) atoms. The third-order valence-corrected chi connectivity index (χ3v) is 3.34. The Labute approximate surface area is 119 Å². The third kappa shape index (κ3) is 2.93. The standard InChI is InChI=1S/C14H13BrN2O2/c1-8-3-5-11(9(2)13(8)18)17-14(19)10-4-6-12(15)16-7-10/h3-7,18H,1-2H3,(H,17,19). The van der Waals surface area contributed by atoms with E-state index in [4.69, 9.17) is 0 Å². The number of carbonyl (C=O) groups excluding carboxylic acids is 1. The highest BCUT2D eigenvalue weighted by Gasteiger charge is 2.11. The predicted octanol–water partition coefficient (Wildman–Crippen LogP) is 3.42. The van der Waals surface area contributed by atoms with Gasteiger partial charge in [-0.3, -0.25) is 4.79 Å². The normalized spacial score (nSPS) is 10.3. The number of aromatic hydroxyl groups is 1. The number of phenolic OH excluding ortho intramolecular Hbond substituents is 1. The summed E-state index contributed by atoms with van der Waals surface area (Å²) in [6, 6.07) is 6.91. The molecule has 4 nitrogen and oxygen atoms in total. The second kappa shape index (κ2) is 5.40. The van der Waals surface area contributed by atoms with Gasteiger partial charge in [0.2, 0.25) is 0 Å². The summed E-state index contributed by atoms with van der Waals surface area (Å²) in [5.41, 5.74) is 2.48. The molecular weight excluding hydrogens is 308 g/mol. The number of amides is 1. The molecule has 0 saturated carbocycles. The van der Waals surface area contributed by atoms with Crippen molar-refractivity contribution in [3.05, 3.63) is 51.8 Å². The smallest absolute Gasteiger partial charge is 0.257 e. The summed E-state index contributed by atoms with van der Waals surface area (Å²) in [7, 11) is 0. The number of hydrogen-bond acceptors (Lipinski definition) is 3. The molecule has 1 aromatic carbocycles. The number of hydrogen-bond donors (Lipinski definition) is 2. The fourth-order valence-electron chi connectivity index (χ4n) is 1.68. The third-order valence-electron chi connectivity index (χ3n) is 2.87. The minimum atomic E-state index is -0.258. The fourth-order valence-corrected chi connectivity index (χ4v) is 1.91. The van der Waals surface area contributed by atoms with Crippen molar-refractivity contribution < 1.29 is 9.90 Å². The van der Waals surface area contributed by atoms with Gasteiger partial charge in [0.15, 0.2) is 0 Å². The number of benzene rings is 1.